The van der Waals surface area contributed by atoms with Crippen molar-refractivity contribution in [1.82, 2.24) is 10.2 Å². The summed E-state index contributed by atoms with van der Waals surface area (Å²) in [5.41, 5.74) is 1.23. The van der Waals surface area contributed by atoms with Crippen LogP contribution < -0.4 is 10.1 Å². The van der Waals surface area contributed by atoms with Crippen LogP contribution in [-0.4, -0.2) is 68.3 Å². The number of nitrogens with one attached hydrogen (secondary N) is 1. The molecule has 0 spiro atoms. The smallest absolute Gasteiger partial charge is 0.216 e. The van der Waals surface area contributed by atoms with E-state index in [-0.39, 0.29) is 11.3 Å². The topological polar surface area (TPSA) is 50.8 Å². The van der Waals surface area contributed by atoms with Gasteiger partial charge in [0.15, 0.2) is 0 Å². The standard InChI is InChI=1S/C21H32N2O3S/c1-18(24)22-17-21(7-13-25-14-8-21)19-3-5-20(6-4-19)26-12-2-9-23-10-15-27-16-11-23/h3-6H,2,7-17H2,1H3,(H,22,24). The van der Waals surface area contributed by atoms with Crippen molar-refractivity contribution < 1.29 is 14.3 Å². The number of thioether (sulfide) groups is 1. The normalized spacial score (nSPS) is 20.2. The van der Waals surface area contributed by atoms with Crippen molar-refractivity contribution in [2.24, 2.45) is 0 Å². The van der Waals surface area contributed by atoms with Gasteiger partial charge in [0.2, 0.25) is 5.91 Å². The summed E-state index contributed by atoms with van der Waals surface area (Å²) in [5, 5.41) is 3.01. The van der Waals surface area contributed by atoms with Crippen LogP contribution in [0.25, 0.3) is 0 Å². The van der Waals surface area contributed by atoms with E-state index >= 15 is 0 Å². The lowest BCUT2D eigenvalue weighted by atomic mass is 9.74. The second-order valence-corrected chi connectivity index (χ2v) is 8.71. The molecule has 2 saturated heterocycles. The van der Waals surface area contributed by atoms with Crippen molar-refractivity contribution in [3.8, 4) is 5.75 Å². The van der Waals surface area contributed by atoms with Crippen molar-refractivity contribution in [1.29, 1.82) is 0 Å². The molecule has 0 saturated carbocycles. The van der Waals surface area contributed by atoms with Crippen LogP contribution in [0.2, 0.25) is 0 Å². The molecule has 2 aliphatic heterocycles. The van der Waals surface area contributed by atoms with E-state index < -0.39 is 0 Å². The zero-order chi connectivity index (χ0) is 19.0. The third kappa shape index (κ3) is 6.13. The minimum atomic E-state index is -0.0330. The molecule has 2 fully saturated rings. The number of rotatable bonds is 8. The molecule has 0 radical (unpaired) electrons. The zero-order valence-electron chi connectivity index (χ0n) is 16.4. The monoisotopic (exact) mass is 392 g/mol. The van der Waals surface area contributed by atoms with E-state index in [2.05, 4.69) is 34.5 Å². The molecule has 5 nitrogen and oxygen atoms in total. The maximum Gasteiger partial charge on any atom is 0.216 e. The SMILES string of the molecule is CC(=O)NCC1(c2ccc(OCCCN3CCSCC3)cc2)CCOCC1. The number of carbonyl (C=O) groups excluding carboxylic acids is 1. The molecule has 0 bridgehead atoms. The van der Waals surface area contributed by atoms with Gasteiger partial charge in [0, 0.05) is 63.2 Å². The first kappa shape index (κ1) is 20.5. The summed E-state index contributed by atoms with van der Waals surface area (Å²) in [5.74, 6) is 3.46. The molecule has 27 heavy (non-hydrogen) atoms. The Morgan fingerprint density at radius 2 is 1.93 bits per heavy atom. The van der Waals surface area contributed by atoms with Crippen LogP contribution in [0.15, 0.2) is 24.3 Å². The van der Waals surface area contributed by atoms with Crippen LogP contribution in [0, 0.1) is 0 Å². The molecule has 0 aliphatic carbocycles. The summed E-state index contributed by atoms with van der Waals surface area (Å²) in [6.07, 6.45) is 2.93. The lowest BCUT2D eigenvalue weighted by molar-refractivity contribution is -0.119. The highest BCUT2D eigenvalue weighted by Crippen LogP contribution is 2.35. The van der Waals surface area contributed by atoms with Gasteiger partial charge >= 0.3 is 0 Å². The van der Waals surface area contributed by atoms with E-state index in [4.69, 9.17) is 9.47 Å². The van der Waals surface area contributed by atoms with Gasteiger partial charge in [-0.05, 0) is 37.0 Å². The van der Waals surface area contributed by atoms with Crippen molar-refractivity contribution in [3.63, 3.8) is 0 Å². The maximum atomic E-state index is 11.4. The van der Waals surface area contributed by atoms with Gasteiger partial charge in [-0.1, -0.05) is 12.1 Å². The largest absolute Gasteiger partial charge is 0.494 e. The van der Waals surface area contributed by atoms with Crippen molar-refractivity contribution in [2.45, 2.75) is 31.6 Å². The molecule has 6 heteroatoms. The van der Waals surface area contributed by atoms with Crippen LogP contribution in [0.4, 0.5) is 0 Å². The second kappa shape index (κ2) is 10.3. The summed E-state index contributed by atoms with van der Waals surface area (Å²) >= 11 is 2.05. The molecule has 1 N–H and O–H groups in total. The highest BCUT2D eigenvalue weighted by molar-refractivity contribution is 7.99. The zero-order valence-corrected chi connectivity index (χ0v) is 17.2. The Bertz CT molecular complexity index is 582. The summed E-state index contributed by atoms with van der Waals surface area (Å²) in [7, 11) is 0. The van der Waals surface area contributed by atoms with Crippen LogP contribution in [0.1, 0.15) is 31.7 Å². The fraction of sp³-hybridized carbons (Fsp3) is 0.667. The number of benzene rings is 1. The third-order valence-electron chi connectivity index (χ3n) is 5.58. The van der Waals surface area contributed by atoms with Crippen LogP contribution in [0.3, 0.4) is 0 Å². The van der Waals surface area contributed by atoms with Gasteiger partial charge in [0.1, 0.15) is 5.75 Å². The highest BCUT2D eigenvalue weighted by atomic mass is 32.2. The van der Waals surface area contributed by atoms with Gasteiger partial charge in [0.05, 0.1) is 6.61 Å². The predicted molar refractivity (Wildman–Crippen MR) is 111 cm³/mol. The average Bonchev–Trinajstić information content (AvgIpc) is 2.72. The molecule has 0 aromatic heterocycles. The fourth-order valence-corrected chi connectivity index (χ4v) is 4.81. The van der Waals surface area contributed by atoms with Crippen molar-refractivity contribution in [3.05, 3.63) is 29.8 Å². The highest BCUT2D eigenvalue weighted by Gasteiger charge is 2.34. The molecule has 3 rings (SSSR count). The quantitative estimate of drug-likeness (QED) is 0.690. The predicted octanol–water partition coefficient (Wildman–Crippen LogP) is 2.69. The van der Waals surface area contributed by atoms with Gasteiger partial charge in [-0.25, -0.2) is 0 Å². The van der Waals surface area contributed by atoms with Gasteiger partial charge < -0.3 is 19.7 Å². The van der Waals surface area contributed by atoms with E-state index in [1.54, 1.807) is 6.92 Å². The van der Waals surface area contributed by atoms with E-state index in [9.17, 15) is 4.79 Å². The average molecular weight is 393 g/mol. The van der Waals surface area contributed by atoms with Crippen LogP contribution >= 0.6 is 11.8 Å². The molecule has 2 heterocycles. The summed E-state index contributed by atoms with van der Waals surface area (Å²) in [6, 6.07) is 8.45. The van der Waals surface area contributed by atoms with Gasteiger partial charge in [-0.15, -0.1) is 0 Å². The minimum Gasteiger partial charge on any atom is -0.494 e. The Kier molecular flexibility index (Phi) is 7.85. The van der Waals surface area contributed by atoms with E-state index in [0.29, 0.717) is 6.54 Å². The Labute approximate surface area is 167 Å². The molecule has 2 aliphatic rings. The number of hydrogen-bond donors (Lipinski definition) is 1. The number of hydrogen-bond acceptors (Lipinski definition) is 5. The van der Waals surface area contributed by atoms with E-state index in [0.717, 1.165) is 51.4 Å². The summed E-state index contributed by atoms with van der Waals surface area (Å²) < 4.78 is 11.5. The second-order valence-electron chi connectivity index (χ2n) is 7.48. The lowest BCUT2D eigenvalue weighted by Gasteiger charge is -2.38. The number of ether oxygens (including phenoxy) is 2. The van der Waals surface area contributed by atoms with Crippen LogP contribution in [-0.2, 0) is 14.9 Å². The molecule has 0 atom stereocenters. The van der Waals surface area contributed by atoms with Crippen LogP contribution in [0.5, 0.6) is 5.75 Å². The molecule has 1 aromatic carbocycles. The first-order valence-corrected chi connectivity index (χ1v) is 11.2. The van der Waals surface area contributed by atoms with Gasteiger partial charge in [-0.2, -0.15) is 11.8 Å². The third-order valence-corrected chi connectivity index (χ3v) is 6.53. The van der Waals surface area contributed by atoms with Crippen molar-refractivity contribution in [2.75, 3.05) is 57.5 Å². The van der Waals surface area contributed by atoms with Crippen molar-refractivity contribution >= 4 is 17.7 Å². The number of carbonyl (C=O) groups is 1. The Hall–Kier alpha value is -1.24. The van der Waals surface area contributed by atoms with Gasteiger partial charge in [-0.3, -0.25) is 4.79 Å². The molecule has 1 aromatic rings. The Balaban J connectivity index is 1.50. The molecule has 0 unspecified atom stereocenters. The number of amides is 1. The fourth-order valence-electron chi connectivity index (χ4n) is 3.83. The molecular weight excluding hydrogens is 360 g/mol. The molecule has 1 amide bonds. The Morgan fingerprint density at radius 3 is 2.59 bits per heavy atom. The first-order valence-electron chi connectivity index (χ1n) is 10.0. The molecular formula is C21H32N2O3S. The van der Waals surface area contributed by atoms with E-state index in [1.807, 2.05) is 11.8 Å². The summed E-state index contributed by atoms with van der Waals surface area (Å²) in [4.78, 5) is 13.9. The summed E-state index contributed by atoms with van der Waals surface area (Å²) in [6.45, 7) is 8.03. The van der Waals surface area contributed by atoms with E-state index in [1.165, 1.54) is 30.2 Å². The van der Waals surface area contributed by atoms with Gasteiger partial charge in [0.25, 0.3) is 0 Å². The first-order chi connectivity index (χ1) is 13.2. The lowest BCUT2D eigenvalue weighted by Crippen LogP contribution is -2.44. The minimum absolute atomic E-state index is 0.0214. The molecule has 150 valence electrons. The maximum absolute atomic E-state index is 11.4. The Morgan fingerprint density at radius 1 is 1.22 bits per heavy atom. The number of nitrogens with zero attached hydrogens (tertiary/aromatic N) is 1.